The zero-order chi connectivity index (χ0) is 8.69. The van der Waals surface area contributed by atoms with Gasteiger partial charge >= 0.3 is 0 Å². The Kier molecular flexibility index (Phi) is 8.58. The van der Waals surface area contributed by atoms with E-state index in [9.17, 15) is 0 Å². The molecule has 0 saturated heterocycles. The van der Waals surface area contributed by atoms with Crippen LogP contribution in [-0.2, 0) is 0 Å². The third-order valence-electron chi connectivity index (χ3n) is 1.76. The van der Waals surface area contributed by atoms with Crippen molar-refractivity contribution in [2.45, 2.75) is 32.2 Å². The van der Waals surface area contributed by atoms with Crippen molar-refractivity contribution in [2.75, 3.05) is 13.6 Å². The average Bonchev–Trinajstić information content (AvgIpc) is 1.97. The van der Waals surface area contributed by atoms with E-state index < -0.39 is 0 Å². The topological polar surface area (TPSA) is 35.8 Å². The smallest absolute Gasteiger partial charge is 0 e. The van der Waals surface area contributed by atoms with Gasteiger partial charge in [0.25, 0.3) is 0 Å². The molecule has 0 rings (SSSR count). The van der Waals surface area contributed by atoms with Crippen molar-refractivity contribution < 1.29 is 0 Å². The van der Waals surface area contributed by atoms with Gasteiger partial charge in [-0.2, -0.15) is 0 Å². The predicted octanol–water partition coefficient (Wildman–Crippen LogP) is 2.37. The minimum absolute atomic E-state index is 0. The number of rotatable bonds is 6. The summed E-state index contributed by atoms with van der Waals surface area (Å²) in [6.45, 7) is 6.74. The maximum absolute atomic E-state index is 7.54. The fraction of sp³-hybridized carbons (Fsp3) is 0.778. The molecule has 3 heteroatoms. The van der Waals surface area contributed by atoms with E-state index in [0.29, 0.717) is 0 Å². The maximum atomic E-state index is 7.54. The van der Waals surface area contributed by atoms with Crippen LogP contribution in [0.1, 0.15) is 26.2 Å². The molecule has 78 valence electrons. The van der Waals surface area contributed by atoms with Gasteiger partial charge in [-0.15, -0.1) is 12.6 Å². The summed E-state index contributed by atoms with van der Waals surface area (Å²) in [5.74, 6) is 0. The Morgan fingerprint density at radius 2 is 2.08 bits per heavy atom. The van der Waals surface area contributed by atoms with Gasteiger partial charge < -0.3 is 11.1 Å². The molecule has 0 aromatic rings. The van der Waals surface area contributed by atoms with Gasteiger partial charge in [0.05, 0.1) is 0 Å². The van der Waals surface area contributed by atoms with E-state index in [4.69, 9.17) is 5.73 Å². The first-order valence-corrected chi connectivity index (χ1v) is 4.19. The van der Waals surface area contributed by atoms with Crippen LogP contribution in [0.15, 0.2) is 12.2 Å². The summed E-state index contributed by atoms with van der Waals surface area (Å²) in [4.78, 5) is 0. The molecule has 0 aliphatic rings. The Morgan fingerprint density at radius 1 is 1.50 bits per heavy atom. The number of nitrogens with one attached hydrogen (secondary N) is 2. The van der Waals surface area contributed by atoms with Crippen molar-refractivity contribution in [2.24, 2.45) is 0 Å². The summed E-state index contributed by atoms with van der Waals surface area (Å²) in [5.41, 5.74) is 8.52. The van der Waals surface area contributed by atoms with Crippen molar-refractivity contribution in [1.29, 1.82) is 0 Å². The van der Waals surface area contributed by atoms with Crippen molar-refractivity contribution >= 4 is 0 Å². The van der Waals surface area contributed by atoms with E-state index in [1.807, 2.05) is 14.0 Å². The number of hydrogen-bond donors (Lipinski definition) is 1. The summed E-state index contributed by atoms with van der Waals surface area (Å²) in [6, 6.07) is -0.0492. The second-order valence-electron chi connectivity index (χ2n) is 3.00. The summed E-state index contributed by atoms with van der Waals surface area (Å²) in [5, 5.41) is 3.09. The molecule has 2 N–H and O–H groups in total. The van der Waals surface area contributed by atoms with Gasteiger partial charge in [0.2, 0.25) is 0 Å². The van der Waals surface area contributed by atoms with Crippen LogP contribution >= 0.6 is 0 Å². The molecule has 0 saturated carbocycles. The molecule has 0 amide bonds. The Morgan fingerprint density at radius 3 is 2.50 bits per heavy atom. The van der Waals surface area contributed by atoms with Gasteiger partial charge in [0.1, 0.15) is 0 Å². The zero-order valence-electron chi connectivity index (χ0n) is 7.90. The quantitative estimate of drug-likeness (QED) is 0.528. The van der Waals surface area contributed by atoms with Gasteiger partial charge in [-0.3, -0.25) is 0 Å². The zero-order valence-corrected chi connectivity index (χ0v) is 10.3. The minimum atomic E-state index is -0.0492. The molecule has 0 radical (unpaired) electrons. The first-order valence-electron chi connectivity index (χ1n) is 4.19. The van der Waals surface area contributed by atoms with Crippen LogP contribution in [0, 0.1) is 0 Å². The summed E-state index contributed by atoms with van der Waals surface area (Å²) in [6.07, 6.45) is 3.25. The van der Waals surface area contributed by atoms with Crippen LogP contribution < -0.4 is 5.32 Å². The van der Waals surface area contributed by atoms with Crippen LogP contribution in [0.25, 0.3) is 5.73 Å². The van der Waals surface area contributed by atoms with Crippen molar-refractivity contribution in [1.82, 2.24) is 5.32 Å². The predicted molar refractivity (Wildman–Crippen MR) is 50.7 cm³/mol. The molecule has 1 unspecified atom stereocenters. The minimum Gasteiger partial charge on any atom is -0.671 e. The van der Waals surface area contributed by atoms with Crippen molar-refractivity contribution in [3.8, 4) is 0 Å². The normalized spacial score (nSPS) is 11.9. The van der Waals surface area contributed by atoms with E-state index in [1.165, 1.54) is 6.42 Å². The maximum Gasteiger partial charge on any atom is 0 e. The molecule has 12 heavy (non-hydrogen) atoms. The standard InChI is InChI=1S/C9H19N2.Fm/c1-8(2)9(10)6-4-5-7-11-3;/h9-11H,1,4-7H2,2-3H3;/q-1;. The second kappa shape index (κ2) is 7.76. The summed E-state index contributed by atoms with van der Waals surface area (Å²) >= 11 is 0. The Bertz CT molecular complexity index is 115. The first-order chi connectivity index (χ1) is 5.18. The van der Waals surface area contributed by atoms with Crippen molar-refractivity contribution in [3.63, 3.8) is 0 Å². The van der Waals surface area contributed by atoms with Gasteiger partial charge in [-0.05, 0) is 26.9 Å². The van der Waals surface area contributed by atoms with Crippen LogP contribution in [-0.4, -0.2) is 19.6 Å². The molecular formula is C9H19FmN2-. The largest absolute Gasteiger partial charge is 0.671 e. The third kappa shape index (κ3) is 6.78. The Balaban J connectivity index is 0. The Labute approximate surface area is 69.9 Å². The summed E-state index contributed by atoms with van der Waals surface area (Å²) in [7, 11) is 1.96. The van der Waals surface area contributed by atoms with Gasteiger partial charge in [0, 0.05) is 0 Å². The third-order valence-corrected chi connectivity index (χ3v) is 1.76. The fourth-order valence-corrected chi connectivity index (χ4v) is 0.897. The molecule has 2 nitrogen and oxygen atoms in total. The van der Waals surface area contributed by atoms with E-state index in [0.717, 1.165) is 25.0 Å². The molecule has 0 heterocycles. The molecular weight excluding hydrogens is 393 g/mol. The van der Waals surface area contributed by atoms with Crippen LogP contribution in [0.5, 0.6) is 0 Å². The molecule has 0 bridgehead atoms. The molecule has 0 aliphatic carbocycles. The first kappa shape index (κ1) is 13.3. The van der Waals surface area contributed by atoms with Gasteiger partial charge in [-0.1, -0.05) is 18.4 Å². The molecule has 1 atom stereocenters. The van der Waals surface area contributed by atoms with E-state index >= 15 is 0 Å². The SMILES string of the molecule is C=C(C)C([NH-])CCCCNC.[Fm]. The van der Waals surface area contributed by atoms with Crippen molar-refractivity contribution in [3.05, 3.63) is 17.9 Å². The molecule has 0 aromatic carbocycles. The Hall–Kier alpha value is -1.34. The van der Waals surface area contributed by atoms with Crippen LogP contribution in [0.2, 0.25) is 0 Å². The molecule has 0 fully saturated rings. The fourth-order valence-electron chi connectivity index (χ4n) is 0.897. The number of unbranched alkanes of at least 4 members (excludes halogenated alkanes) is 1. The second-order valence-corrected chi connectivity index (χ2v) is 3.00. The van der Waals surface area contributed by atoms with E-state index in [-0.39, 0.29) is 6.04 Å². The van der Waals surface area contributed by atoms with Gasteiger partial charge in [-0.25, -0.2) is 0 Å². The molecule has 0 aromatic heterocycles. The summed E-state index contributed by atoms with van der Waals surface area (Å²) < 4.78 is 0. The average molecular weight is 412 g/mol. The molecule has 0 spiro atoms. The number of hydrogen-bond acceptors (Lipinski definition) is 1. The van der Waals surface area contributed by atoms with Crippen LogP contribution in [0.3, 0.4) is 0 Å². The monoisotopic (exact) mass is 412 g/mol. The van der Waals surface area contributed by atoms with E-state index in [1.54, 1.807) is 0 Å². The van der Waals surface area contributed by atoms with Gasteiger partial charge in [0.15, 0.2) is 0 Å². The molecule has 0 aliphatic heterocycles. The van der Waals surface area contributed by atoms with Crippen LogP contribution in [0.4, 0.5) is 0 Å². The van der Waals surface area contributed by atoms with E-state index in [2.05, 4.69) is 11.9 Å².